The van der Waals surface area contributed by atoms with Crippen LogP contribution in [-0.2, 0) is 17.9 Å². The zero-order valence-corrected chi connectivity index (χ0v) is 16.1. The summed E-state index contributed by atoms with van der Waals surface area (Å²) in [6.45, 7) is 3.64. The van der Waals surface area contributed by atoms with E-state index in [1.807, 2.05) is 18.0 Å². The second-order valence-electron chi connectivity index (χ2n) is 6.20. The molecule has 0 unspecified atom stereocenters. The maximum Gasteiger partial charge on any atom is 0.243 e. The molecule has 0 aliphatic rings. The molecule has 1 N–H and O–H groups in total. The quantitative estimate of drug-likeness (QED) is 0.638. The van der Waals surface area contributed by atoms with Crippen LogP contribution >= 0.6 is 11.3 Å². The lowest BCUT2D eigenvalue weighted by Gasteiger charge is -2.23. The van der Waals surface area contributed by atoms with E-state index < -0.39 is 0 Å². The van der Waals surface area contributed by atoms with Crippen LogP contribution in [0, 0.1) is 6.92 Å². The molecule has 25 heavy (non-hydrogen) atoms. The van der Waals surface area contributed by atoms with E-state index in [2.05, 4.69) is 52.9 Å². The summed E-state index contributed by atoms with van der Waals surface area (Å²) >= 11 is 1.70. The summed E-state index contributed by atoms with van der Waals surface area (Å²) in [6, 6.07) is 12.6. The van der Waals surface area contributed by atoms with Crippen LogP contribution in [0.1, 0.15) is 16.0 Å². The van der Waals surface area contributed by atoms with Gasteiger partial charge in [-0.2, -0.15) is 0 Å². The molecule has 1 heterocycles. The third-order valence-corrected chi connectivity index (χ3v) is 4.64. The summed E-state index contributed by atoms with van der Waals surface area (Å²) < 4.78 is 0. The highest BCUT2D eigenvalue weighted by Crippen LogP contribution is 2.09. The van der Waals surface area contributed by atoms with Gasteiger partial charge in [-0.3, -0.25) is 4.79 Å². The average Bonchev–Trinajstić information content (AvgIpc) is 3.10. The number of hydrogen-bond acceptors (Lipinski definition) is 3. The minimum atomic E-state index is -0.0147. The smallest absolute Gasteiger partial charge is 0.243 e. The molecule has 0 spiro atoms. The molecule has 0 atom stereocenters. The van der Waals surface area contributed by atoms with Gasteiger partial charge in [0, 0.05) is 32.6 Å². The van der Waals surface area contributed by atoms with E-state index in [-0.39, 0.29) is 12.5 Å². The third kappa shape index (κ3) is 6.23. The Balaban J connectivity index is 2.06. The minimum Gasteiger partial charge on any atom is -0.351 e. The number of likely N-dealkylation sites (N-methyl/N-ethyl adjacent to an activating group) is 1. The van der Waals surface area contributed by atoms with Gasteiger partial charge in [-0.05, 0) is 23.9 Å². The molecule has 1 aromatic carbocycles. The van der Waals surface area contributed by atoms with Crippen LogP contribution in [0.5, 0.6) is 0 Å². The van der Waals surface area contributed by atoms with Crippen LogP contribution in [0.2, 0.25) is 0 Å². The molecule has 1 aromatic heterocycles. The summed E-state index contributed by atoms with van der Waals surface area (Å²) in [6.07, 6.45) is 0. The number of nitrogens with one attached hydrogen (secondary N) is 1. The van der Waals surface area contributed by atoms with Crippen molar-refractivity contribution in [3.8, 4) is 0 Å². The molecule has 1 amide bonds. The molecule has 0 bridgehead atoms. The first-order valence-electron chi connectivity index (χ1n) is 8.23. The number of nitrogens with zero attached hydrogens (tertiary/aromatic N) is 3. The summed E-state index contributed by atoms with van der Waals surface area (Å²) in [5.41, 5.74) is 2.45. The van der Waals surface area contributed by atoms with E-state index in [1.54, 1.807) is 30.3 Å². The number of rotatable bonds is 6. The van der Waals surface area contributed by atoms with Gasteiger partial charge < -0.3 is 15.1 Å². The first-order valence-corrected chi connectivity index (χ1v) is 9.11. The monoisotopic (exact) mass is 358 g/mol. The summed E-state index contributed by atoms with van der Waals surface area (Å²) in [7, 11) is 5.47. The van der Waals surface area contributed by atoms with Crippen LogP contribution in [0.25, 0.3) is 0 Å². The number of thiophene rings is 1. The molecule has 0 aliphatic carbocycles. The van der Waals surface area contributed by atoms with Gasteiger partial charge in [0.05, 0.1) is 6.54 Å². The first kappa shape index (κ1) is 19.0. The van der Waals surface area contributed by atoms with Gasteiger partial charge in [-0.1, -0.05) is 35.9 Å². The SMILES string of the molecule is Cc1ccc(CN(C)C(=NCC(=O)N(C)C)NCc2cccs2)cc1. The fraction of sp³-hybridized carbons (Fsp3) is 0.368. The number of carbonyl (C=O) groups is 1. The molecule has 0 fully saturated rings. The van der Waals surface area contributed by atoms with Crippen molar-refractivity contribution in [1.82, 2.24) is 15.1 Å². The maximum absolute atomic E-state index is 11.9. The highest BCUT2D eigenvalue weighted by Gasteiger charge is 2.10. The lowest BCUT2D eigenvalue weighted by atomic mass is 10.1. The Kier molecular flexibility index (Phi) is 7.01. The van der Waals surface area contributed by atoms with Gasteiger partial charge in [0.25, 0.3) is 0 Å². The van der Waals surface area contributed by atoms with Crippen molar-refractivity contribution in [3.05, 3.63) is 57.8 Å². The largest absolute Gasteiger partial charge is 0.351 e. The first-order chi connectivity index (χ1) is 12.0. The molecule has 0 saturated carbocycles. The highest BCUT2D eigenvalue weighted by molar-refractivity contribution is 7.09. The van der Waals surface area contributed by atoms with E-state index >= 15 is 0 Å². The second-order valence-corrected chi connectivity index (χ2v) is 7.23. The van der Waals surface area contributed by atoms with Crippen molar-refractivity contribution >= 4 is 23.2 Å². The van der Waals surface area contributed by atoms with Gasteiger partial charge in [0.2, 0.25) is 5.91 Å². The van der Waals surface area contributed by atoms with E-state index in [0.29, 0.717) is 6.54 Å². The molecular weight excluding hydrogens is 332 g/mol. The van der Waals surface area contributed by atoms with E-state index in [9.17, 15) is 4.79 Å². The van der Waals surface area contributed by atoms with Gasteiger partial charge >= 0.3 is 0 Å². The number of hydrogen-bond donors (Lipinski definition) is 1. The Hall–Kier alpha value is -2.34. The van der Waals surface area contributed by atoms with Crippen molar-refractivity contribution in [2.24, 2.45) is 4.99 Å². The molecule has 6 heteroatoms. The van der Waals surface area contributed by atoms with E-state index in [0.717, 1.165) is 12.5 Å². The third-order valence-electron chi connectivity index (χ3n) is 3.77. The molecule has 0 saturated heterocycles. The van der Waals surface area contributed by atoms with Gasteiger partial charge in [-0.25, -0.2) is 4.99 Å². The zero-order chi connectivity index (χ0) is 18.2. The number of benzene rings is 1. The fourth-order valence-electron chi connectivity index (χ4n) is 2.22. The minimum absolute atomic E-state index is 0.0147. The molecule has 0 aliphatic heterocycles. The van der Waals surface area contributed by atoms with Gasteiger partial charge in [0.1, 0.15) is 6.54 Å². The molecule has 2 rings (SSSR count). The molecule has 0 radical (unpaired) electrons. The van der Waals surface area contributed by atoms with E-state index in [4.69, 9.17) is 0 Å². The van der Waals surface area contributed by atoms with Gasteiger partial charge in [-0.15, -0.1) is 11.3 Å². The number of carbonyl (C=O) groups excluding carboxylic acids is 1. The van der Waals surface area contributed by atoms with Crippen LogP contribution in [0.4, 0.5) is 0 Å². The Labute approximate surface area is 154 Å². The molecule has 2 aromatic rings. The van der Waals surface area contributed by atoms with E-state index in [1.165, 1.54) is 16.0 Å². The number of amides is 1. The molecule has 5 nitrogen and oxygen atoms in total. The Morgan fingerprint density at radius 2 is 1.88 bits per heavy atom. The lowest BCUT2D eigenvalue weighted by Crippen LogP contribution is -2.39. The van der Waals surface area contributed by atoms with Crippen LogP contribution < -0.4 is 5.32 Å². The Morgan fingerprint density at radius 1 is 1.16 bits per heavy atom. The summed E-state index contributed by atoms with van der Waals surface area (Å²) in [4.78, 5) is 21.2. The van der Waals surface area contributed by atoms with Crippen molar-refractivity contribution in [3.63, 3.8) is 0 Å². The van der Waals surface area contributed by atoms with Crippen molar-refractivity contribution < 1.29 is 4.79 Å². The standard InChI is InChI=1S/C19H26N4OS/c1-15-7-9-16(10-8-15)14-23(4)19(21-13-18(24)22(2)3)20-12-17-6-5-11-25-17/h5-11H,12-14H2,1-4H3,(H,20,21). The van der Waals surface area contributed by atoms with Crippen molar-refractivity contribution in [1.29, 1.82) is 0 Å². The van der Waals surface area contributed by atoms with Crippen LogP contribution in [0.3, 0.4) is 0 Å². The number of guanidine groups is 1. The predicted octanol–water partition coefficient (Wildman–Crippen LogP) is 2.72. The summed E-state index contributed by atoms with van der Waals surface area (Å²) in [5, 5.41) is 5.42. The number of aryl methyl sites for hydroxylation is 1. The fourth-order valence-corrected chi connectivity index (χ4v) is 2.86. The summed E-state index contributed by atoms with van der Waals surface area (Å²) in [5.74, 6) is 0.711. The van der Waals surface area contributed by atoms with Crippen LogP contribution in [0.15, 0.2) is 46.8 Å². The zero-order valence-electron chi connectivity index (χ0n) is 15.3. The normalized spacial score (nSPS) is 11.3. The van der Waals surface area contributed by atoms with Crippen molar-refractivity contribution in [2.75, 3.05) is 27.7 Å². The molecular formula is C19H26N4OS. The topological polar surface area (TPSA) is 47.9 Å². The predicted molar refractivity (Wildman–Crippen MR) is 105 cm³/mol. The number of aliphatic imine (C=N–C) groups is 1. The van der Waals surface area contributed by atoms with Crippen LogP contribution in [-0.4, -0.2) is 49.4 Å². The highest BCUT2D eigenvalue weighted by atomic mass is 32.1. The Bertz CT molecular complexity index is 693. The lowest BCUT2D eigenvalue weighted by molar-refractivity contribution is -0.127. The maximum atomic E-state index is 11.9. The average molecular weight is 359 g/mol. The Morgan fingerprint density at radius 3 is 2.48 bits per heavy atom. The van der Waals surface area contributed by atoms with Crippen molar-refractivity contribution in [2.45, 2.75) is 20.0 Å². The molecule has 134 valence electrons. The van der Waals surface area contributed by atoms with Gasteiger partial charge in [0.15, 0.2) is 5.96 Å². The second kappa shape index (κ2) is 9.22.